The number of hydrogen-bond donors (Lipinski definition) is 1. The Bertz CT molecular complexity index is 547. The van der Waals surface area contributed by atoms with Gasteiger partial charge in [0.15, 0.2) is 6.29 Å². The molecule has 1 aromatic carbocycles. The third-order valence-electron chi connectivity index (χ3n) is 3.27. The van der Waals surface area contributed by atoms with Crippen molar-refractivity contribution in [2.45, 2.75) is 32.6 Å². The molecule has 0 saturated heterocycles. The van der Waals surface area contributed by atoms with Crippen LogP contribution in [0.2, 0.25) is 0 Å². The Labute approximate surface area is 119 Å². The second-order valence-corrected chi connectivity index (χ2v) is 4.73. The summed E-state index contributed by atoms with van der Waals surface area (Å²) < 4.78 is 13.0. The van der Waals surface area contributed by atoms with Crippen LogP contribution in [0.15, 0.2) is 24.3 Å². The van der Waals surface area contributed by atoms with Crippen LogP contribution in [-0.2, 0) is 22.9 Å². The molecule has 0 bridgehead atoms. The topological polar surface area (TPSA) is 62.3 Å². The largest absolute Gasteiger partial charge is 0.351 e. The first kappa shape index (κ1) is 15.0. The minimum atomic E-state index is -0.384. The van der Waals surface area contributed by atoms with Gasteiger partial charge in [-0.15, -0.1) is 0 Å². The summed E-state index contributed by atoms with van der Waals surface area (Å²) in [5.74, 6) is 0. The highest BCUT2D eigenvalue weighted by atomic mass is 16.7. The smallest absolute Gasteiger partial charge is 0.172 e. The van der Waals surface area contributed by atoms with E-state index in [1.807, 2.05) is 37.7 Å². The molecule has 0 aliphatic rings. The summed E-state index contributed by atoms with van der Waals surface area (Å²) in [6.07, 6.45) is 0.247. The molecule has 2 rings (SSSR count). The first-order valence-corrected chi connectivity index (χ1v) is 7.06. The summed E-state index contributed by atoms with van der Waals surface area (Å²) in [5.41, 5.74) is 8.32. The van der Waals surface area contributed by atoms with Gasteiger partial charge >= 0.3 is 0 Å². The Hall–Kier alpha value is -1.43. The lowest BCUT2D eigenvalue weighted by atomic mass is 10.1. The van der Waals surface area contributed by atoms with Crippen LogP contribution in [0.25, 0.3) is 10.9 Å². The quantitative estimate of drug-likeness (QED) is 0.784. The molecule has 0 fully saturated rings. The monoisotopic (exact) mass is 277 g/mol. The summed E-state index contributed by atoms with van der Waals surface area (Å²) in [5, 5.41) is 5.69. The van der Waals surface area contributed by atoms with Gasteiger partial charge in [-0.3, -0.25) is 4.68 Å². The van der Waals surface area contributed by atoms with Gasteiger partial charge in [0.2, 0.25) is 0 Å². The maximum Gasteiger partial charge on any atom is 0.172 e. The fourth-order valence-electron chi connectivity index (χ4n) is 2.38. The summed E-state index contributed by atoms with van der Waals surface area (Å²) in [7, 11) is 1.94. The summed E-state index contributed by atoms with van der Waals surface area (Å²) >= 11 is 0. The zero-order valence-corrected chi connectivity index (χ0v) is 12.4. The van der Waals surface area contributed by atoms with Gasteiger partial charge in [-0.25, -0.2) is 0 Å². The number of benzene rings is 1. The predicted molar refractivity (Wildman–Crippen MR) is 79.4 cm³/mol. The molecule has 5 nitrogen and oxygen atoms in total. The molecule has 1 aromatic heterocycles. The van der Waals surface area contributed by atoms with Gasteiger partial charge in [0.1, 0.15) is 0 Å². The zero-order valence-electron chi connectivity index (χ0n) is 12.4. The molecule has 0 amide bonds. The van der Waals surface area contributed by atoms with Crippen molar-refractivity contribution in [2.24, 2.45) is 12.8 Å². The molecule has 5 heteroatoms. The number of rotatable bonds is 7. The van der Waals surface area contributed by atoms with Crippen LogP contribution < -0.4 is 5.73 Å². The summed E-state index contributed by atoms with van der Waals surface area (Å²) in [6, 6.07) is 7.92. The van der Waals surface area contributed by atoms with Crippen molar-refractivity contribution in [3.8, 4) is 0 Å². The standard InChI is InChI=1S/C15H23N3O2/c1-4-19-15(20-5-2)12(16)10-13-11-8-6-7-9-14(11)18(3)17-13/h6-9,12,15H,4-5,10,16H2,1-3H3. The Kier molecular flexibility index (Phi) is 5.11. The van der Waals surface area contributed by atoms with Gasteiger partial charge in [-0.05, 0) is 19.9 Å². The number of aryl methyl sites for hydroxylation is 1. The van der Waals surface area contributed by atoms with E-state index in [0.717, 1.165) is 16.6 Å². The van der Waals surface area contributed by atoms with E-state index in [0.29, 0.717) is 19.6 Å². The molecule has 0 saturated carbocycles. The van der Waals surface area contributed by atoms with Crippen molar-refractivity contribution in [1.82, 2.24) is 9.78 Å². The lowest BCUT2D eigenvalue weighted by Gasteiger charge is -2.22. The molecular weight excluding hydrogens is 254 g/mol. The first-order valence-electron chi connectivity index (χ1n) is 7.06. The first-order chi connectivity index (χ1) is 9.67. The van der Waals surface area contributed by atoms with Crippen LogP contribution >= 0.6 is 0 Å². The van der Waals surface area contributed by atoms with Crippen LogP contribution in [-0.4, -0.2) is 35.3 Å². The Morgan fingerprint density at radius 2 is 1.85 bits per heavy atom. The van der Waals surface area contributed by atoms with E-state index < -0.39 is 0 Å². The lowest BCUT2D eigenvalue weighted by molar-refractivity contribution is -0.148. The van der Waals surface area contributed by atoms with E-state index >= 15 is 0 Å². The second kappa shape index (κ2) is 6.83. The van der Waals surface area contributed by atoms with E-state index in [1.54, 1.807) is 0 Å². The molecule has 110 valence electrons. The molecule has 0 radical (unpaired) electrons. The van der Waals surface area contributed by atoms with Crippen molar-refractivity contribution >= 4 is 10.9 Å². The molecule has 1 unspecified atom stereocenters. The Balaban J connectivity index is 2.18. The highest BCUT2D eigenvalue weighted by molar-refractivity contribution is 5.81. The summed E-state index contributed by atoms with van der Waals surface area (Å²) in [4.78, 5) is 0. The number of fused-ring (bicyclic) bond motifs is 1. The normalized spacial score (nSPS) is 13.2. The predicted octanol–water partition coefficient (Wildman–Crippen LogP) is 1.84. The molecule has 0 aliphatic carbocycles. The van der Waals surface area contributed by atoms with Gasteiger partial charge < -0.3 is 15.2 Å². The molecule has 2 aromatic rings. The highest BCUT2D eigenvalue weighted by Crippen LogP contribution is 2.19. The third kappa shape index (κ3) is 3.17. The minimum absolute atomic E-state index is 0.229. The lowest BCUT2D eigenvalue weighted by Crippen LogP contribution is -2.40. The SMILES string of the molecule is CCOC(OCC)C(N)Cc1nn(C)c2ccccc12. The van der Waals surface area contributed by atoms with Crippen molar-refractivity contribution in [3.63, 3.8) is 0 Å². The van der Waals surface area contributed by atoms with E-state index in [4.69, 9.17) is 15.2 Å². The van der Waals surface area contributed by atoms with Crippen LogP contribution in [0, 0.1) is 0 Å². The minimum Gasteiger partial charge on any atom is -0.351 e. The van der Waals surface area contributed by atoms with Crippen LogP contribution in [0.4, 0.5) is 0 Å². The van der Waals surface area contributed by atoms with Crippen LogP contribution in [0.5, 0.6) is 0 Å². The van der Waals surface area contributed by atoms with Crippen molar-refractivity contribution in [3.05, 3.63) is 30.0 Å². The van der Waals surface area contributed by atoms with Gasteiger partial charge in [-0.2, -0.15) is 5.10 Å². The van der Waals surface area contributed by atoms with E-state index in [2.05, 4.69) is 17.2 Å². The number of hydrogen-bond acceptors (Lipinski definition) is 4. The maximum atomic E-state index is 6.22. The van der Waals surface area contributed by atoms with E-state index in [-0.39, 0.29) is 12.3 Å². The van der Waals surface area contributed by atoms with Crippen LogP contribution in [0.1, 0.15) is 19.5 Å². The van der Waals surface area contributed by atoms with Gasteiger partial charge in [0.25, 0.3) is 0 Å². The average molecular weight is 277 g/mol. The fourth-order valence-corrected chi connectivity index (χ4v) is 2.38. The van der Waals surface area contributed by atoms with Gasteiger partial charge in [-0.1, -0.05) is 18.2 Å². The highest BCUT2D eigenvalue weighted by Gasteiger charge is 2.21. The number of nitrogens with two attached hydrogens (primary N) is 1. The number of ether oxygens (including phenoxy) is 2. The van der Waals surface area contributed by atoms with Gasteiger partial charge in [0, 0.05) is 32.1 Å². The number of para-hydroxylation sites is 1. The average Bonchev–Trinajstić information content (AvgIpc) is 2.76. The molecule has 0 aliphatic heterocycles. The Morgan fingerprint density at radius 3 is 2.50 bits per heavy atom. The molecule has 1 atom stereocenters. The molecule has 0 spiro atoms. The molecular formula is C15H23N3O2. The fraction of sp³-hybridized carbons (Fsp3) is 0.533. The molecule has 1 heterocycles. The second-order valence-electron chi connectivity index (χ2n) is 4.73. The number of aromatic nitrogens is 2. The molecule has 20 heavy (non-hydrogen) atoms. The van der Waals surface area contributed by atoms with E-state index in [1.165, 1.54) is 0 Å². The van der Waals surface area contributed by atoms with E-state index in [9.17, 15) is 0 Å². The Morgan fingerprint density at radius 1 is 1.20 bits per heavy atom. The molecule has 2 N–H and O–H groups in total. The third-order valence-corrected chi connectivity index (χ3v) is 3.27. The number of nitrogens with zero attached hydrogens (tertiary/aromatic N) is 2. The van der Waals surface area contributed by atoms with Crippen LogP contribution in [0.3, 0.4) is 0 Å². The van der Waals surface area contributed by atoms with Crippen molar-refractivity contribution in [2.75, 3.05) is 13.2 Å². The van der Waals surface area contributed by atoms with Crippen molar-refractivity contribution in [1.29, 1.82) is 0 Å². The van der Waals surface area contributed by atoms with Crippen molar-refractivity contribution < 1.29 is 9.47 Å². The zero-order chi connectivity index (χ0) is 14.5. The maximum absolute atomic E-state index is 6.22. The van der Waals surface area contributed by atoms with Gasteiger partial charge in [0.05, 0.1) is 17.3 Å². The summed E-state index contributed by atoms with van der Waals surface area (Å²) in [6.45, 7) is 5.05.